The predicted octanol–water partition coefficient (Wildman–Crippen LogP) is 2.66. The van der Waals surface area contributed by atoms with Crippen molar-refractivity contribution in [2.45, 2.75) is 24.2 Å². The van der Waals surface area contributed by atoms with Crippen LogP contribution in [0.25, 0.3) is 0 Å². The number of benzene rings is 1. The number of halogens is 1. The number of carbonyl (C=O) groups excluding carboxylic acids is 1. The maximum Gasteiger partial charge on any atom is 0.244 e. The molecule has 136 valence electrons. The van der Waals surface area contributed by atoms with Gasteiger partial charge in [0.2, 0.25) is 15.9 Å². The van der Waals surface area contributed by atoms with Crippen molar-refractivity contribution >= 4 is 33.2 Å². The molecule has 1 aliphatic heterocycles. The zero-order chi connectivity index (χ0) is 17.9. The van der Waals surface area contributed by atoms with Gasteiger partial charge in [-0.25, -0.2) is 8.42 Å². The minimum Gasteiger partial charge on any atom is -0.379 e. The average molecular weight is 385 g/mol. The molecule has 0 unspecified atom stereocenters. The summed E-state index contributed by atoms with van der Waals surface area (Å²) in [6.07, 6.45) is 6.50. The van der Waals surface area contributed by atoms with Gasteiger partial charge in [-0.05, 0) is 37.0 Å². The van der Waals surface area contributed by atoms with E-state index in [-0.39, 0.29) is 21.7 Å². The van der Waals surface area contributed by atoms with E-state index in [0.717, 1.165) is 12.8 Å². The topological polar surface area (TPSA) is 75.7 Å². The summed E-state index contributed by atoms with van der Waals surface area (Å²) in [5.74, 6) is 0.123. The van der Waals surface area contributed by atoms with E-state index in [9.17, 15) is 13.2 Å². The molecule has 1 aliphatic carbocycles. The van der Waals surface area contributed by atoms with E-state index >= 15 is 0 Å². The van der Waals surface area contributed by atoms with Gasteiger partial charge in [0.05, 0.1) is 18.2 Å². The summed E-state index contributed by atoms with van der Waals surface area (Å²) in [6, 6.07) is 4.54. The number of hydrogen-bond acceptors (Lipinski definition) is 4. The van der Waals surface area contributed by atoms with Crippen molar-refractivity contribution in [2.24, 2.45) is 5.92 Å². The Hall–Kier alpha value is -1.41. The van der Waals surface area contributed by atoms with Gasteiger partial charge in [0.25, 0.3) is 0 Å². The molecule has 8 heteroatoms. The second kappa shape index (κ2) is 7.86. The summed E-state index contributed by atoms with van der Waals surface area (Å²) in [7, 11) is -3.71. The van der Waals surface area contributed by atoms with Crippen molar-refractivity contribution in [3.05, 3.63) is 35.4 Å². The molecule has 2 aliphatic rings. The van der Waals surface area contributed by atoms with Gasteiger partial charge in [-0.1, -0.05) is 23.8 Å². The van der Waals surface area contributed by atoms with Crippen LogP contribution in [-0.4, -0.2) is 44.9 Å². The van der Waals surface area contributed by atoms with Gasteiger partial charge in [0.15, 0.2) is 0 Å². The van der Waals surface area contributed by atoms with Crippen LogP contribution in [0.5, 0.6) is 0 Å². The lowest BCUT2D eigenvalue weighted by Gasteiger charge is -2.26. The number of rotatable bonds is 5. The molecule has 1 heterocycles. The van der Waals surface area contributed by atoms with Crippen LogP contribution in [0.1, 0.15) is 19.3 Å². The Labute approximate surface area is 152 Å². The van der Waals surface area contributed by atoms with Gasteiger partial charge in [0.1, 0.15) is 4.90 Å². The van der Waals surface area contributed by atoms with Crippen LogP contribution in [-0.2, 0) is 19.6 Å². The Balaban J connectivity index is 1.75. The van der Waals surface area contributed by atoms with Crippen molar-refractivity contribution < 1.29 is 17.9 Å². The molecule has 1 N–H and O–H groups in total. The first-order chi connectivity index (χ1) is 12.0. The van der Waals surface area contributed by atoms with Crippen LogP contribution in [0.4, 0.5) is 5.69 Å². The van der Waals surface area contributed by atoms with Crippen molar-refractivity contribution in [3.8, 4) is 0 Å². The number of sulfonamides is 1. The molecule has 1 fully saturated rings. The Kier molecular flexibility index (Phi) is 5.78. The maximum atomic E-state index is 12.8. The number of anilines is 1. The largest absolute Gasteiger partial charge is 0.379 e. The van der Waals surface area contributed by atoms with E-state index < -0.39 is 10.0 Å². The number of ether oxygens (including phenoxy) is 1. The number of allylic oxidation sites excluding steroid dienone is 2. The number of carbonyl (C=O) groups is 1. The molecule has 1 aromatic rings. The fourth-order valence-corrected chi connectivity index (χ4v) is 4.93. The van der Waals surface area contributed by atoms with E-state index in [2.05, 4.69) is 17.5 Å². The molecule has 0 radical (unpaired) electrons. The summed E-state index contributed by atoms with van der Waals surface area (Å²) in [4.78, 5) is 12.2. The summed E-state index contributed by atoms with van der Waals surface area (Å²) in [6.45, 7) is 1.32. The lowest BCUT2D eigenvalue weighted by atomic mass is 10.1. The van der Waals surface area contributed by atoms with Gasteiger partial charge >= 0.3 is 0 Å². The van der Waals surface area contributed by atoms with Crippen LogP contribution in [0, 0.1) is 5.92 Å². The first-order valence-electron chi connectivity index (χ1n) is 8.31. The van der Waals surface area contributed by atoms with Crippen molar-refractivity contribution in [1.82, 2.24) is 4.31 Å². The van der Waals surface area contributed by atoms with Gasteiger partial charge < -0.3 is 10.1 Å². The van der Waals surface area contributed by atoms with Gasteiger partial charge in [-0.2, -0.15) is 4.31 Å². The molecule has 6 nitrogen and oxygen atoms in total. The Morgan fingerprint density at radius 3 is 2.76 bits per heavy atom. The van der Waals surface area contributed by atoms with Crippen molar-refractivity contribution in [2.75, 3.05) is 31.6 Å². The predicted molar refractivity (Wildman–Crippen MR) is 96.1 cm³/mol. The fourth-order valence-electron chi connectivity index (χ4n) is 3.02. The highest BCUT2D eigenvalue weighted by atomic mass is 35.5. The van der Waals surface area contributed by atoms with E-state index in [1.165, 1.54) is 16.4 Å². The minimum atomic E-state index is -3.71. The zero-order valence-electron chi connectivity index (χ0n) is 13.8. The van der Waals surface area contributed by atoms with Gasteiger partial charge in [-0.3, -0.25) is 4.79 Å². The summed E-state index contributed by atoms with van der Waals surface area (Å²) >= 11 is 6.12. The van der Waals surface area contributed by atoms with Crippen LogP contribution >= 0.6 is 11.6 Å². The monoisotopic (exact) mass is 384 g/mol. The summed E-state index contributed by atoms with van der Waals surface area (Å²) in [5, 5.41) is 2.91. The average Bonchev–Trinajstić information content (AvgIpc) is 3.10. The first kappa shape index (κ1) is 18.4. The first-order valence-corrected chi connectivity index (χ1v) is 10.1. The molecule has 1 amide bonds. The number of hydrogen-bond donors (Lipinski definition) is 1. The highest BCUT2D eigenvalue weighted by molar-refractivity contribution is 7.89. The lowest BCUT2D eigenvalue weighted by molar-refractivity contribution is -0.116. The normalized spacial score (nSPS) is 21.4. The molecule has 25 heavy (non-hydrogen) atoms. The summed E-state index contributed by atoms with van der Waals surface area (Å²) in [5.41, 5.74) is 0.434. The highest BCUT2D eigenvalue weighted by Gasteiger charge is 2.28. The van der Waals surface area contributed by atoms with Crippen LogP contribution < -0.4 is 5.32 Å². The van der Waals surface area contributed by atoms with E-state index in [1.54, 1.807) is 6.07 Å². The third-order valence-corrected chi connectivity index (χ3v) is 6.74. The minimum absolute atomic E-state index is 0.00892. The zero-order valence-corrected chi connectivity index (χ0v) is 15.4. The van der Waals surface area contributed by atoms with E-state index in [1.807, 2.05) is 0 Å². The standard InChI is InChI=1S/C17H21ClN2O4S/c18-15-6-5-14(19-17(21)11-13-3-1-2-4-13)12-16(15)25(22,23)20-7-9-24-10-8-20/h1,3,5-6,12-13H,2,4,7-11H2,(H,19,21)/t13-/m1/s1. The molecule has 3 rings (SSSR count). The van der Waals surface area contributed by atoms with E-state index in [0.29, 0.717) is 38.4 Å². The number of nitrogens with one attached hydrogen (secondary N) is 1. The molecule has 0 bridgehead atoms. The van der Waals surface area contributed by atoms with Crippen molar-refractivity contribution in [3.63, 3.8) is 0 Å². The Morgan fingerprint density at radius 2 is 2.08 bits per heavy atom. The number of morpholine rings is 1. The molecule has 1 saturated heterocycles. The molecule has 0 aromatic heterocycles. The Morgan fingerprint density at radius 1 is 1.32 bits per heavy atom. The molecule has 1 aromatic carbocycles. The maximum absolute atomic E-state index is 12.8. The van der Waals surface area contributed by atoms with Crippen LogP contribution in [0.15, 0.2) is 35.2 Å². The second-order valence-corrected chi connectivity index (χ2v) is 8.49. The quantitative estimate of drug-likeness (QED) is 0.792. The van der Waals surface area contributed by atoms with Crippen LogP contribution in [0.2, 0.25) is 5.02 Å². The van der Waals surface area contributed by atoms with Crippen molar-refractivity contribution in [1.29, 1.82) is 0 Å². The van der Waals surface area contributed by atoms with Crippen LogP contribution in [0.3, 0.4) is 0 Å². The SMILES string of the molecule is O=C(C[C@@H]1C=CCC1)Nc1ccc(Cl)c(S(=O)(=O)N2CCOCC2)c1. The van der Waals surface area contributed by atoms with Gasteiger partial charge in [0, 0.05) is 25.2 Å². The Bertz CT molecular complexity index is 773. The second-order valence-electron chi connectivity index (χ2n) is 6.18. The third kappa shape index (κ3) is 4.41. The fraction of sp³-hybridized carbons (Fsp3) is 0.471. The van der Waals surface area contributed by atoms with Gasteiger partial charge in [-0.15, -0.1) is 0 Å². The molecule has 1 atom stereocenters. The third-order valence-electron chi connectivity index (χ3n) is 4.36. The lowest BCUT2D eigenvalue weighted by Crippen LogP contribution is -2.40. The molecular weight excluding hydrogens is 364 g/mol. The number of nitrogens with zero attached hydrogens (tertiary/aromatic N) is 1. The number of amides is 1. The molecule has 0 spiro atoms. The summed E-state index contributed by atoms with van der Waals surface area (Å²) < 4.78 is 32.1. The smallest absolute Gasteiger partial charge is 0.244 e. The molecular formula is C17H21ClN2O4S. The molecule has 0 saturated carbocycles. The van der Waals surface area contributed by atoms with E-state index in [4.69, 9.17) is 16.3 Å². The highest BCUT2D eigenvalue weighted by Crippen LogP contribution is 2.29.